The number of nitrogens with one attached hydrogen (secondary N) is 1. The minimum absolute atomic E-state index is 0.300. The quantitative estimate of drug-likeness (QED) is 0.817. The molecule has 0 spiro atoms. The number of amides is 1. The lowest BCUT2D eigenvalue weighted by atomic mass is 10.3. The Balaban J connectivity index is 2.17. The van der Waals surface area contributed by atoms with Crippen molar-refractivity contribution < 1.29 is 4.79 Å². The van der Waals surface area contributed by atoms with Gasteiger partial charge < -0.3 is 11.1 Å². The second-order valence-corrected chi connectivity index (χ2v) is 4.00. The number of aromatic nitrogens is 2. The summed E-state index contributed by atoms with van der Waals surface area (Å²) >= 11 is 5.74. The topological polar surface area (TPSA) is 72.9 Å². The molecular weight excluding hydrogens is 240 g/mol. The van der Waals surface area contributed by atoms with E-state index in [1.807, 2.05) is 0 Å². The molecule has 0 aliphatic rings. The molecule has 0 unspecified atom stereocenters. The van der Waals surface area contributed by atoms with Crippen LogP contribution in [0.2, 0.25) is 5.02 Å². The number of nitrogen functional groups attached to an aromatic ring is 1. The molecule has 1 aromatic heterocycles. The third kappa shape index (κ3) is 2.57. The summed E-state index contributed by atoms with van der Waals surface area (Å²) in [6.45, 7) is 1.77. The summed E-state index contributed by atoms with van der Waals surface area (Å²) in [5.41, 5.74) is 6.96. The summed E-state index contributed by atoms with van der Waals surface area (Å²) in [6.07, 6.45) is 0. The number of carbonyl (C=O) groups excluding carboxylic acids is 1. The van der Waals surface area contributed by atoms with Gasteiger partial charge in [0.15, 0.2) is 0 Å². The van der Waals surface area contributed by atoms with Gasteiger partial charge in [0.1, 0.15) is 5.82 Å². The van der Waals surface area contributed by atoms with Gasteiger partial charge in [0.25, 0.3) is 0 Å². The van der Waals surface area contributed by atoms with Crippen molar-refractivity contribution in [3.8, 4) is 0 Å². The molecule has 0 aliphatic carbocycles. The molecule has 6 heteroatoms. The number of nitrogens with two attached hydrogens (primary N) is 1. The van der Waals surface area contributed by atoms with Gasteiger partial charge in [-0.25, -0.2) is 4.79 Å². The van der Waals surface area contributed by atoms with Crippen molar-refractivity contribution in [2.24, 2.45) is 0 Å². The number of halogens is 1. The summed E-state index contributed by atoms with van der Waals surface area (Å²) in [5, 5.41) is 7.25. The zero-order valence-corrected chi connectivity index (χ0v) is 9.90. The molecule has 0 fully saturated rings. The Kier molecular flexibility index (Phi) is 3.01. The van der Waals surface area contributed by atoms with Crippen molar-refractivity contribution in [2.75, 3.05) is 11.1 Å². The van der Waals surface area contributed by atoms with E-state index in [9.17, 15) is 4.79 Å². The highest BCUT2D eigenvalue weighted by molar-refractivity contribution is 6.30. The zero-order valence-electron chi connectivity index (χ0n) is 9.14. The van der Waals surface area contributed by atoms with Crippen molar-refractivity contribution in [3.05, 3.63) is 41.0 Å². The number of hydrogen-bond acceptors (Lipinski definition) is 3. The lowest BCUT2D eigenvalue weighted by Gasteiger charge is -2.05. The highest BCUT2D eigenvalue weighted by atomic mass is 35.5. The van der Waals surface area contributed by atoms with Gasteiger partial charge in [-0.2, -0.15) is 9.78 Å². The normalized spacial score (nSPS) is 10.2. The summed E-state index contributed by atoms with van der Waals surface area (Å²) < 4.78 is 1.12. The van der Waals surface area contributed by atoms with Crippen molar-refractivity contribution in [1.82, 2.24) is 9.78 Å². The first-order valence-corrected chi connectivity index (χ1v) is 5.33. The molecule has 1 aromatic carbocycles. The average Bonchev–Trinajstić information content (AvgIpc) is 2.61. The molecule has 1 heterocycles. The van der Waals surface area contributed by atoms with Gasteiger partial charge in [-0.15, -0.1) is 0 Å². The lowest BCUT2D eigenvalue weighted by Crippen LogP contribution is -2.22. The molecule has 0 bridgehead atoms. The van der Waals surface area contributed by atoms with Crippen LogP contribution in [0.5, 0.6) is 0 Å². The van der Waals surface area contributed by atoms with Gasteiger partial charge in [0.05, 0.1) is 5.69 Å². The lowest BCUT2D eigenvalue weighted by molar-refractivity contribution is 0.251. The van der Waals surface area contributed by atoms with E-state index >= 15 is 0 Å². The smallest absolute Gasteiger partial charge is 0.348 e. The van der Waals surface area contributed by atoms with Crippen LogP contribution in [0.1, 0.15) is 5.69 Å². The summed E-state index contributed by atoms with van der Waals surface area (Å²) in [4.78, 5) is 11.8. The maximum atomic E-state index is 11.8. The summed E-state index contributed by atoms with van der Waals surface area (Å²) in [7, 11) is 0. The first-order chi connectivity index (χ1) is 8.06. The molecule has 5 nitrogen and oxygen atoms in total. The number of benzene rings is 1. The number of aryl methyl sites for hydroxylation is 1. The Labute approximate surface area is 103 Å². The van der Waals surface area contributed by atoms with Crippen LogP contribution in [-0.2, 0) is 0 Å². The molecule has 1 amide bonds. The summed E-state index contributed by atoms with van der Waals surface area (Å²) in [6, 6.07) is 8.00. The molecule has 2 rings (SSSR count). The maximum absolute atomic E-state index is 11.8. The fraction of sp³-hybridized carbons (Fsp3) is 0.0909. The Hall–Kier alpha value is -2.01. The first-order valence-electron chi connectivity index (χ1n) is 4.95. The van der Waals surface area contributed by atoms with Gasteiger partial charge in [-0.05, 0) is 31.2 Å². The SMILES string of the molecule is Cc1cc(N)n(C(=O)Nc2ccc(Cl)cc2)n1. The van der Waals surface area contributed by atoms with Gasteiger partial charge in [0.2, 0.25) is 0 Å². The van der Waals surface area contributed by atoms with Gasteiger partial charge >= 0.3 is 6.03 Å². The minimum Gasteiger partial charge on any atom is -0.383 e. The molecular formula is C11H11ClN4O. The highest BCUT2D eigenvalue weighted by Gasteiger charge is 2.10. The molecule has 88 valence electrons. The van der Waals surface area contributed by atoms with Crippen LogP contribution < -0.4 is 11.1 Å². The Bertz CT molecular complexity index is 547. The van der Waals surface area contributed by atoms with E-state index in [0.29, 0.717) is 22.2 Å². The zero-order chi connectivity index (χ0) is 12.4. The number of hydrogen-bond donors (Lipinski definition) is 2. The second kappa shape index (κ2) is 4.47. The van der Waals surface area contributed by atoms with E-state index in [2.05, 4.69) is 10.4 Å². The van der Waals surface area contributed by atoms with Crippen molar-refractivity contribution >= 4 is 29.1 Å². The average molecular weight is 251 g/mol. The molecule has 2 aromatic rings. The van der Waals surface area contributed by atoms with Gasteiger partial charge in [-0.3, -0.25) is 0 Å². The van der Waals surface area contributed by atoms with Crippen molar-refractivity contribution in [2.45, 2.75) is 6.92 Å². The van der Waals surface area contributed by atoms with Crippen LogP contribution in [0.25, 0.3) is 0 Å². The fourth-order valence-corrected chi connectivity index (χ4v) is 1.52. The van der Waals surface area contributed by atoms with Crippen molar-refractivity contribution in [3.63, 3.8) is 0 Å². The number of rotatable bonds is 1. The van der Waals surface area contributed by atoms with Crippen molar-refractivity contribution in [1.29, 1.82) is 0 Å². The molecule has 0 atom stereocenters. The molecule has 3 N–H and O–H groups in total. The Morgan fingerprint density at radius 3 is 2.59 bits per heavy atom. The van der Waals surface area contributed by atoms with Crippen LogP contribution >= 0.6 is 11.6 Å². The maximum Gasteiger partial charge on any atom is 0.348 e. The van der Waals surface area contributed by atoms with Crippen LogP contribution in [-0.4, -0.2) is 15.8 Å². The fourth-order valence-electron chi connectivity index (χ4n) is 1.39. The predicted molar refractivity (Wildman–Crippen MR) is 67.2 cm³/mol. The third-order valence-electron chi connectivity index (χ3n) is 2.15. The largest absolute Gasteiger partial charge is 0.383 e. The van der Waals surface area contributed by atoms with E-state index in [1.54, 1.807) is 37.3 Å². The van der Waals surface area contributed by atoms with Crippen LogP contribution in [0.3, 0.4) is 0 Å². The highest BCUT2D eigenvalue weighted by Crippen LogP contribution is 2.14. The van der Waals surface area contributed by atoms with Crippen LogP contribution in [0.15, 0.2) is 30.3 Å². The Morgan fingerprint density at radius 1 is 1.41 bits per heavy atom. The Morgan fingerprint density at radius 2 is 2.06 bits per heavy atom. The number of carbonyl (C=O) groups is 1. The minimum atomic E-state index is -0.405. The van der Waals surface area contributed by atoms with E-state index < -0.39 is 6.03 Å². The molecule has 17 heavy (non-hydrogen) atoms. The monoisotopic (exact) mass is 250 g/mol. The molecule has 0 radical (unpaired) electrons. The van der Waals surface area contributed by atoms with E-state index in [0.717, 1.165) is 4.68 Å². The second-order valence-electron chi connectivity index (χ2n) is 3.56. The third-order valence-corrected chi connectivity index (χ3v) is 2.40. The van der Waals surface area contributed by atoms with Crippen LogP contribution in [0, 0.1) is 6.92 Å². The standard InChI is InChI=1S/C11H11ClN4O/c1-7-6-10(13)16(15-7)11(17)14-9-4-2-8(12)3-5-9/h2-6H,13H2,1H3,(H,14,17). The number of nitrogens with zero attached hydrogens (tertiary/aromatic N) is 2. The predicted octanol–water partition coefficient (Wildman–Crippen LogP) is 2.51. The number of anilines is 2. The van der Waals surface area contributed by atoms with Gasteiger partial charge in [-0.1, -0.05) is 11.6 Å². The van der Waals surface area contributed by atoms with E-state index in [1.165, 1.54) is 0 Å². The van der Waals surface area contributed by atoms with E-state index in [-0.39, 0.29) is 0 Å². The molecule has 0 saturated carbocycles. The first kappa shape index (κ1) is 11.5. The molecule has 0 aliphatic heterocycles. The van der Waals surface area contributed by atoms with Crippen LogP contribution in [0.4, 0.5) is 16.3 Å². The molecule has 0 saturated heterocycles. The van der Waals surface area contributed by atoms with E-state index in [4.69, 9.17) is 17.3 Å². The van der Waals surface area contributed by atoms with Gasteiger partial charge in [0, 0.05) is 16.8 Å². The summed E-state index contributed by atoms with van der Waals surface area (Å²) in [5.74, 6) is 0.300.